The molecule has 0 N–H and O–H groups in total. The third-order valence-corrected chi connectivity index (χ3v) is 9.04. The third kappa shape index (κ3) is 4.55. The minimum Gasteiger partial charge on any atom is -0.416 e. The zero-order chi connectivity index (χ0) is 13.7. The van der Waals surface area contributed by atoms with Gasteiger partial charge in [0.1, 0.15) is 6.29 Å². The van der Waals surface area contributed by atoms with Crippen LogP contribution < -0.4 is 0 Å². The van der Waals surface area contributed by atoms with E-state index in [4.69, 9.17) is 4.43 Å². The Morgan fingerprint density at radius 2 is 1.59 bits per heavy atom. The summed E-state index contributed by atoms with van der Waals surface area (Å²) < 4.78 is 6.27. The maximum Gasteiger partial charge on any atom is 0.192 e. The van der Waals surface area contributed by atoms with Gasteiger partial charge in [0.15, 0.2) is 8.32 Å². The summed E-state index contributed by atoms with van der Waals surface area (Å²) in [6.45, 7) is 16.3. The zero-order valence-corrected chi connectivity index (χ0v) is 13.7. The van der Waals surface area contributed by atoms with Gasteiger partial charge in [-0.05, 0) is 36.4 Å². The second-order valence-corrected chi connectivity index (χ2v) is 11.4. The van der Waals surface area contributed by atoms with Gasteiger partial charge in [-0.2, -0.15) is 0 Å². The van der Waals surface area contributed by atoms with E-state index in [1.165, 1.54) is 0 Å². The average Bonchev–Trinajstić information content (AvgIpc) is 2.23. The maximum absolute atomic E-state index is 10.8. The van der Waals surface area contributed by atoms with Crippen molar-refractivity contribution in [3.63, 3.8) is 0 Å². The minimum atomic E-state index is -1.69. The summed E-state index contributed by atoms with van der Waals surface area (Å²) in [5.41, 5.74) is 0.0528. The summed E-state index contributed by atoms with van der Waals surface area (Å²) in [5.74, 6) is 0. The molecule has 0 amide bonds. The first-order valence-electron chi connectivity index (χ1n) is 6.72. The molecule has 0 aliphatic carbocycles. The Balaban J connectivity index is 4.66. The fourth-order valence-corrected chi connectivity index (χ4v) is 2.63. The van der Waals surface area contributed by atoms with Crippen LogP contribution in [0, 0.1) is 5.41 Å². The van der Waals surface area contributed by atoms with Crippen molar-refractivity contribution in [2.45, 2.75) is 72.0 Å². The monoisotopic (exact) mass is 258 g/mol. The van der Waals surface area contributed by atoms with E-state index in [9.17, 15) is 4.79 Å². The lowest BCUT2D eigenvalue weighted by Gasteiger charge is -2.40. The van der Waals surface area contributed by atoms with Crippen LogP contribution in [0.15, 0.2) is 0 Å². The molecular weight excluding hydrogens is 228 g/mol. The van der Waals surface area contributed by atoms with E-state index in [1.54, 1.807) is 0 Å². The van der Waals surface area contributed by atoms with E-state index in [0.29, 0.717) is 6.42 Å². The fourth-order valence-electron chi connectivity index (χ4n) is 1.53. The molecule has 0 aliphatic heterocycles. The van der Waals surface area contributed by atoms with E-state index in [0.717, 1.165) is 25.7 Å². The van der Waals surface area contributed by atoms with Crippen LogP contribution in [0.25, 0.3) is 0 Å². The molecule has 0 aromatic carbocycles. The Morgan fingerprint density at radius 3 is 1.88 bits per heavy atom. The lowest BCUT2D eigenvalue weighted by atomic mass is 9.81. The van der Waals surface area contributed by atoms with E-state index in [2.05, 4.69) is 47.7 Å². The van der Waals surface area contributed by atoms with Crippen LogP contribution in [0.3, 0.4) is 0 Å². The quantitative estimate of drug-likeness (QED) is 0.499. The molecule has 0 unspecified atom stereocenters. The highest BCUT2D eigenvalue weighted by atomic mass is 28.4. The molecule has 0 spiro atoms. The second kappa shape index (κ2) is 6.14. The van der Waals surface area contributed by atoms with E-state index in [1.807, 2.05) is 0 Å². The van der Waals surface area contributed by atoms with Crippen LogP contribution in [0.2, 0.25) is 18.1 Å². The molecule has 0 bridgehead atoms. The van der Waals surface area contributed by atoms with Gasteiger partial charge in [0.2, 0.25) is 0 Å². The van der Waals surface area contributed by atoms with Gasteiger partial charge in [-0.3, -0.25) is 0 Å². The topological polar surface area (TPSA) is 26.3 Å². The first-order valence-corrected chi connectivity index (χ1v) is 9.62. The highest BCUT2D eigenvalue weighted by Crippen LogP contribution is 2.39. The van der Waals surface area contributed by atoms with Crippen molar-refractivity contribution in [3.05, 3.63) is 0 Å². The summed E-state index contributed by atoms with van der Waals surface area (Å²) in [6, 6.07) is 0. The molecule has 0 fully saturated rings. The molecule has 0 aromatic rings. The summed E-state index contributed by atoms with van der Waals surface area (Å²) in [6.07, 6.45) is 3.68. The van der Waals surface area contributed by atoms with Crippen molar-refractivity contribution in [2.75, 3.05) is 6.61 Å². The predicted molar refractivity (Wildman–Crippen MR) is 76.8 cm³/mol. The van der Waals surface area contributed by atoms with Crippen molar-refractivity contribution in [1.82, 2.24) is 0 Å². The molecule has 0 radical (unpaired) electrons. The van der Waals surface area contributed by atoms with E-state index < -0.39 is 8.32 Å². The number of rotatable bonds is 7. The number of hydrogen-bond donors (Lipinski definition) is 0. The van der Waals surface area contributed by atoms with Crippen LogP contribution in [0.1, 0.15) is 53.9 Å². The van der Waals surface area contributed by atoms with Crippen molar-refractivity contribution in [3.8, 4) is 0 Å². The maximum atomic E-state index is 10.8. The Morgan fingerprint density at radius 1 is 1.12 bits per heavy atom. The highest BCUT2D eigenvalue weighted by Gasteiger charge is 2.39. The van der Waals surface area contributed by atoms with E-state index >= 15 is 0 Å². The Kier molecular flexibility index (Phi) is 6.09. The largest absolute Gasteiger partial charge is 0.416 e. The van der Waals surface area contributed by atoms with Crippen LogP contribution in [0.4, 0.5) is 0 Å². The van der Waals surface area contributed by atoms with E-state index in [-0.39, 0.29) is 10.5 Å². The van der Waals surface area contributed by atoms with Crippen LogP contribution in [0.5, 0.6) is 0 Å². The van der Waals surface area contributed by atoms with Crippen molar-refractivity contribution in [2.24, 2.45) is 5.41 Å². The number of carbonyl (C=O) groups excluding carboxylic acids is 1. The molecule has 0 atom stereocenters. The summed E-state index contributed by atoms with van der Waals surface area (Å²) in [4.78, 5) is 10.8. The number of carbonyl (C=O) groups is 1. The molecule has 102 valence electrons. The normalized spacial score (nSPS) is 13.8. The molecule has 0 saturated heterocycles. The molecule has 2 nitrogen and oxygen atoms in total. The van der Waals surface area contributed by atoms with Crippen LogP contribution in [-0.2, 0) is 9.22 Å². The fraction of sp³-hybridized carbons (Fsp3) is 0.929. The molecule has 0 heterocycles. The highest BCUT2D eigenvalue weighted by molar-refractivity contribution is 6.74. The third-order valence-electron chi connectivity index (χ3n) is 4.56. The molecule has 0 saturated carbocycles. The first-order chi connectivity index (χ1) is 7.64. The SMILES string of the molecule is CCC(CC)(CC=O)CO[Si](C)(C)C(C)(C)C. The van der Waals surface area contributed by atoms with Crippen molar-refractivity contribution in [1.29, 1.82) is 0 Å². The van der Waals surface area contributed by atoms with Gasteiger partial charge in [0.25, 0.3) is 0 Å². The molecule has 0 aliphatic rings. The molecule has 17 heavy (non-hydrogen) atoms. The summed E-state index contributed by atoms with van der Waals surface area (Å²) >= 11 is 0. The molecule has 0 rings (SSSR count). The molecule has 0 aromatic heterocycles. The van der Waals surface area contributed by atoms with Crippen molar-refractivity contribution < 1.29 is 9.22 Å². The molecule has 3 heteroatoms. The smallest absolute Gasteiger partial charge is 0.192 e. The predicted octanol–water partition coefficient (Wildman–Crippen LogP) is 4.40. The van der Waals surface area contributed by atoms with Crippen molar-refractivity contribution >= 4 is 14.6 Å². The second-order valence-electron chi connectivity index (χ2n) is 6.63. The number of hydrogen-bond acceptors (Lipinski definition) is 2. The van der Waals surface area contributed by atoms with Gasteiger partial charge < -0.3 is 9.22 Å². The summed E-state index contributed by atoms with van der Waals surface area (Å²) in [7, 11) is -1.69. The van der Waals surface area contributed by atoms with Gasteiger partial charge >= 0.3 is 0 Å². The van der Waals surface area contributed by atoms with Crippen LogP contribution in [-0.4, -0.2) is 21.2 Å². The minimum absolute atomic E-state index is 0.0528. The average molecular weight is 258 g/mol. The number of aldehydes is 1. The van der Waals surface area contributed by atoms with Gasteiger partial charge in [0, 0.05) is 13.0 Å². The lowest BCUT2D eigenvalue weighted by molar-refractivity contribution is -0.110. The zero-order valence-electron chi connectivity index (χ0n) is 12.7. The van der Waals surface area contributed by atoms with Gasteiger partial charge in [-0.15, -0.1) is 0 Å². The van der Waals surface area contributed by atoms with Gasteiger partial charge in [-0.25, -0.2) is 0 Å². The molecular formula is C14H30O2Si. The Labute approximate surface area is 108 Å². The van der Waals surface area contributed by atoms with Gasteiger partial charge in [0.05, 0.1) is 0 Å². The Bertz CT molecular complexity index is 237. The summed E-state index contributed by atoms with van der Waals surface area (Å²) in [5, 5.41) is 0.238. The Hall–Kier alpha value is -0.153. The van der Waals surface area contributed by atoms with Crippen LogP contribution >= 0.6 is 0 Å². The lowest BCUT2D eigenvalue weighted by Crippen LogP contribution is -2.44. The standard InChI is InChI=1S/C14H30O2Si/c1-8-14(9-2,10-11-15)12-16-17(6,7)13(3,4)5/h11H,8-10,12H2,1-7H3. The first kappa shape index (κ1) is 16.8. The van der Waals surface area contributed by atoms with Gasteiger partial charge in [-0.1, -0.05) is 34.6 Å².